The molecule has 0 heterocycles. The summed E-state index contributed by atoms with van der Waals surface area (Å²) in [6.07, 6.45) is 6.39. The van der Waals surface area contributed by atoms with Gasteiger partial charge in [-0.05, 0) is 30.6 Å². The zero-order chi connectivity index (χ0) is 11.1. The Kier molecular flexibility index (Phi) is 5.82. The number of thioether (sulfide) groups is 1. The van der Waals surface area contributed by atoms with Gasteiger partial charge >= 0.3 is 5.51 Å². The normalized spacial score (nSPS) is 18.6. The molecule has 0 saturated heterocycles. The van der Waals surface area contributed by atoms with Gasteiger partial charge in [0.05, 0.1) is 0 Å². The first kappa shape index (κ1) is 13.2. The van der Waals surface area contributed by atoms with E-state index in [9.17, 15) is 13.2 Å². The lowest BCUT2D eigenvalue weighted by Gasteiger charge is -2.10. The zero-order valence-corrected chi connectivity index (χ0v) is 9.59. The smallest absolute Gasteiger partial charge is 0.316 e. The Morgan fingerprint density at radius 1 is 1.13 bits per heavy atom. The largest absolute Gasteiger partial charge is 0.441 e. The molecule has 0 spiro atoms. The van der Waals surface area contributed by atoms with E-state index in [-0.39, 0.29) is 17.5 Å². The van der Waals surface area contributed by atoms with Crippen LogP contribution in [0, 0.1) is 5.92 Å². The molecule has 0 aromatic carbocycles. The minimum Gasteiger partial charge on any atom is -0.316 e. The van der Waals surface area contributed by atoms with E-state index >= 15 is 0 Å². The molecule has 5 heteroatoms. The van der Waals surface area contributed by atoms with E-state index in [4.69, 9.17) is 0 Å². The van der Waals surface area contributed by atoms with Crippen LogP contribution in [0.3, 0.4) is 0 Å². The average Bonchev–Trinajstić information content (AvgIpc) is 2.61. The molecule has 0 aromatic heterocycles. The lowest BCUT2D eigenvalue weighted by molar-refractivity contribution is -0.0327. The molecule has 1 nitrogen and oxygen atoms in total. The SMILES string of the molecule is FC(F)(F)SCCNCCC1CCCC1. The second-order valence-corrected chi connectivity index (χ2v) is 5.14. The molecular formula is C10H18F3NS. The van der Waals surface area contributed by atoms with Gasteiger partial charge in [0.15, 0.2) is 0 Å². The highest BCUT2D eigenvalue weighted by Gasteiger charge is 2.27. The van der Waals surface area contributed by atoms with E-state index in [0.717, 1.165) is 18.9 Å². The van der Waals surface area contributed by atoms with Crippen molar-refractivity contribution >= 4 is 11.8 Å². The molecule has 1 aliphatic rings. The predicted octanol–water partition coefficient (Wildman–Crippen LogP) is 3.41. The molecule has 1 fully saturated rings. The van der Waals surface area contributed by atoms with E-state index < -0.39 is 5.51 Å². The highest BCUT2D eigenvalue weighted by Crippen LogP contribution is 2.29. The van der Waals surface area contributed by atoms with Crippen molar-refractivity contribution in [1.82, 2.24) is 5.32 Å². The summed E-state index contributed by atoms with van der Waals surface area (Å²) < 4.78 is 35.2. The highest BCUT2D eigenvalue weighted by atomic mass is 32.2. The Labute approximate surface area is 93.2 Å². The van der Waals surface area contributed by atoms with Crippen molar-refractivity contribution in [3.63, 3.8) is 0 Å². The van der Waals surface area contributed by atoms with E-state index in [0.29, 0.717) is 6.54 Å². The van der Waals surface area contributed by atoms with Gasteiger partial charge in [-0.1, -0.05) is 25.7 Å². The van der Waals surface area contributed by atoms with Crippen LogP contribution in [0.5, 0.6) is 0 Å². The third kappa shape index (κ3) is 7.06. The molecule has 1 rings (SSSR count). The van der Waals surface area contributed by atoms with E-state index in [2.05, 4.69) is 5.32 Å². The first-order valence-corrected chi connectivity index (χ1v) is 6.48. The van der Waals surface area contributed by atoms with Gasteiger partial charge in [0, 0.05) is 12.3 Å². The summed E-state index contributed by atoms with van der Waals surface area (Å²) in [6, 6.07) is 0. The molecule has 0 atom stereocenters. The van der Waals surface area contributed by atoms with Crippen molar-refractivity contribution in [2.45, 2.75) is 37.6 Å². The maximum Gasteiger partial charge on any atom is 0.441 e. The van der Waals surface area contributed by atoms with Crippen molar-refractivity contribution in [3.05, 3.63) is 0 Å². The van der Waals surface area contributed by atoms with Gasteiger partial charge in [0.1, 0.15) is 0 Å². The summed E-state index contributed by atoms with van der Waals surface area (Å²) in [5.74, 6) is 0.932. The van der Waals surface area contributed by atoms with Crippen LogP contribution in [0.2, 0.25) is 0 Å². The van der Waals surface area contributed by atoms with Gasteiger partial charge in [-0.15, -0.1) is 0 Å². The summed E-state index contributed by atoms with van der Waals surface area (Å²) >= 11 is 0.0538. The second kappa shape index (κ2) is 6.63. The Morgan fingerprint density at radius 3 is 2.40 bits per heavy atom. The molecule has 0 amide bonds. The summed E-state index contributed by atoms with van der Waals surface area (Å²) in [4.78, 5) is 0. The molecular weight excluding hydrogens is 223 g/mol. The van der Waals surface area contributed by atoms with Crippen molar-refractivity contribution in [3.8, 4) is 0 Å². The molecule has 1 aliphatic carbocycles. The standard InChI is InChI=1S/C10H18F3NS/c11-10(12,13)15-8-7-14-6-5-9-3-1-2-4-9/h9,14H,1-8H2. The van der Waals surface area contributed by atoms with Gasteiger partial charge in [0.2, 0.25) is 0 Å². The fraction of sp³-hybridized carbons (Fsp3) is 1.00. The molecule has 0 aliphatic heterocycles. The second-order valence-electron chi connectivity index (χ2n) is 3.98. The maximum atomic E-state index is 11.7. The number of hydrogen-bond donors (Lipinski definition) is 1. The summed E-state index contributed by atoms with van der Waals surface area (Å²) in [5.41, 5.74) is -4.08. The molecule has 90 valence electrons. The van der Waals surface area contributed by atoms with Gasteiger partial charge in [-0.3, -0.25) is 0 Å². The van der Waals surface area contributed by atoms with Crippen LogP contribution in [0.25, 0.3) is 0 Å². The minimum atomic E-state index is -4.08. The third-order valence-electron chi connectivity index (χ3n) is 2.75. The summed E-state index contributed by atoms with van der Waals surface area (Å²) in [5, 5.41) is 3.06. The average molecular weight is 241 g/mol. The summed E-state index contributed by atoms with van der Waals surface area (Å²) in [6.45, 7) is 1.32. The predicted molar refractivity (Wildman–Crippen MR) is 58.0 cm³/mol. The van der Waals surface area contributed by atoms with Crippen molar-refractivity contribution in [2.24, 2.45) is 5.92 Å². The van der Waals surface area contributed by atoms with Gasteiger partial charge in [0.25, 0.3) is 0 Å². The number of hydrogen-bond acceptors (Lipinski definition) is 2. The molecule has 1 N–H and O–H groups in total. The fourth-order valence-electron chi connectivity index (χ4n) is 1.97. The highest BCUT2D eigenvalue weighted by molar-refractivity contribution is 8.00. The van der Waals surface area contributed by atoms with Crippen molar-refractivity contribution in [1.29, 1.82) is 0 Å². The van der Waals surface area contributed by atoms with Crippen LogP contribution in [0.1, 0.15) is 32.1 Å². The molecule has 0 radical (unpaired) electrons. The topological polar surface area (TPSA) is 12.0 Å². The van der Waals surface area contributed by atoms with Crippen LogP contribution in [0.15, 0.2) is 0 Å². The van der Waals surface area contributed by atoms with Crippen LogP contribution in [-0.4, -0.2) is 24.4 Å². The Hall–Kier alpha value is 0.1000. The lowest BCUT2D eigenvalue weighted by Crippen LogP contribution is -2.21. The Balaban J connectivity index is 1.84. The molecule has 0 bridgehead atoms. The monoisotopic (exact) mass is 241 g/mol. The van der Waals surface area contributed by atoms with Crippen molar-refractivity contribution in [2.75, 3.05) is 18.8 Å². The van der Waals surface area contributed by atoms with Crippen molar-refractivity contribution < 1.29 is 13.2 Å². The van der Waals surface area contributed by atoms with E-state index in [1.807, 2.05) is 0 Å². The number of nitrogens with one attached hydrogen (secondary N) is 1. The number of halogens is 3. The minimum absolute atomic E-state index is 0.0538. The lowest BCUT2D eigenvalue weighted by atomic mass is 10.0. The Morgan fingerprint density at radius 2 is 1.80 bits per heavy atom. The van der Waals surface area contributed by atoms with Crippen LogP contribution in [0.4, 0.5) is 13.2 Å². The number of alkyl halides is 3. The zero-order valence-electron chi connectivity index (χ0n) is 8.78. The van der Waals surface area contributed by atoms with E-state index in [1.165, 1.54) is 25.7 Å². The molecule has 0 aromatic rings. The van der Waals surface area contributed by atoms with Crippen LogP contribution in [-0.2, 0) is 0 Å². The van der Waals surface area contributed by atoms with Crippen LogP contribution < -0.4 is 5.32 Å². The maximum absolute atomic E-state index is 11.7. The van der Waals surface area contributed by atoms with E-state index in [1.54, 1.807) is 0 Å². The fourth-order valence-corrected chi connectivity index (χ4v) is 2.45. The summed E-state index contributed by atoms with van der Waals surface area (Å²) in [7, 11) is 0. The first-order chi connectivity index (χ1) is 7.08. The molecule has 1 saturated carbocycles. The number of rotatable bonds is 6. The quantitative estimate of drug-likeness (QED) is 0.715. The third-order valence-corrected chi connectivity index (χ3v) is 3.48. The van der Waals surface area contributed by atoms with Gasteiger partial charge in [-0.2, -0.15) is 13.2 Å². The van der Waals surface area contributed by atoms with Gasteiger partial charge in [-0.25, -0.2) is 0 Å². The molecule has 15 heavy (non-hydrogen) atoms. The van der Waals surface area contributed by atoms with Gasteiger partial charge < -0.3 is 5.32 Å². The van der Waals surface area contributed by atoms with Crippen LogP contribution >= 0.6 is 11.8 Å². The Bertz CT molecular complexity index is 167. The molecule has 0 unspecified atom stereocenters. The first-order valence-electron chi connectivity index (χ1n) is 5.49.